The van der Waals surface area contributed by atoms with Crippen LogP contribution >= 0.6 is 0 Å². The van der Waals surface area contributed by atoms with Gasteiger partial charge in [-0.3, -0.25) is 9.59 Å². The summed E-state index contributed by atoms with van der Waals surface area (Å²) in [6, 6.07) is 0. The standard InChI is InChI=1S/C13H18O7/c1-7(14)8-9(15)10(16-2)12(18-4)13(19-5,20-6)11(8)17-3/h1-6H3. The summed E-state index contributed by atoms with van der Waals surface area (Å²) >= 11 is 0. The molecule has 0 saturated carbocycles. The zero-order valence-electron chi connectivity index (χ0n) is 12.4. The molecular weight excluding hydrogens is 268 g/mol. The van der Waals surface area contributed by atoms with Gasteiger partial charge in [-0.15, -0.1) is 0 Å². The van der Waals surface area contributed by atoms with Crippen molar-refractivity contribution in [2.24, 2.45) is 0 Å². The van der Waals surface area contributed by atoms with E-state index in [0.29, 0.717) is 0 Å². The zero-order chi connectivity index (χ0) is 15.5. The SMILES string of the molecule is COC1=C(OC)C(OC)(OC)C(OC)=C(C(C)=O)C1=O. The van der Waals surface area contributed by atoms with Crippen LogP contribution in [0.15, 0.2) is 22.9 Å². The van der Waals surface area contributed by atoms with Crippen LogP contribution in [0.1, 0.15) is 6.92 Å². The van der Waals surface area contributed by atoms with E-state index in [1.165, 1.54) is 42.5 Å². The molecule has 112 valence electrons. The quantitative estimate of drug-likeness (QED) is 0.521. The largest absolute Gasteiger partial charge is 0.494 e. The molecule has 0 spiro atoms. The molecule has 0 bridgehead atoms. The molecule has 0 fully saturated rings. The van der Waals surface area contributed by atoms with E-state index in [-0.39, 0.29) is 22.9 Å². The Morgan fingerprint density at radius 2 is 1.40 bits per heavy atom. The molecule has 7 heteroatoms. The second kappa shape index (κ2) is 6.06. The van der Waals surface area contributed by atoms with Gasteiger partial charge in [0.15, 0.2) is 11.5 Å². The lowest BCUT2D eigenvalue weighted by Crippen LogP contribution is -2.46. The lowest BCUT2D eigenvalue weighted by atomic mass is 9.92. The topological polar surface area (TPSA) is 80.3 Å². The summed E-state index contributed by atoms with van der Waals surface area (Å²) in [7, 11) is 6.60. The van der Waals surface area contributed by atoms with Crippen molar-refractivity contribution in [2.75, 3.05) is 35.5 Å². The molecule has 7 nitrogen and oxygen atoms in total. The van der Waals surface area contributed by atoms with Crippen LogP contribution in [0.2, 0.25) is 0 Å². The smallest absolute Gasteiger partial charge is 0.292 e. The molecule has 1 aliphatic carbocycles. The van der Waals surface area contributed by atoms with Crippen molar-refractivity contribution < 1.29 is 33.3 Å². The van der Waals surface area contributed by atoms with Gasteiger partial charge >= 0.3 is 0 Å². The van der Waals surface area contributed by atoms with E-state index in [9.17, 15) is 9.59 Å². The highest BCUT2D eigenvalue weighted by Crippen LogP contribution is 2.40. The molecule has 0 aliphatic heterocycles. The maximum Gasteiger partial charge on any atom is 0.292 e. The number of Topliss-reactive ketones (excluding diaryl/α,β-unsaturated/α-hetero) is 2. The molecule has 0 aromatic rings. The maximum absolute atomic E-state index is 12.3. The van der Waals surface area contributed by atoms with E-state index in [0.717, 1.165) is 0 Å². The highest BCUT2D eigenvalue weighted by atomic mass is 16.7. The van der Waals surface area contributed by atoms with Gasteiger partial charge in [0.2, 0.25) is 17.3 Å². The summed E-state index contributed by atoms with van der Waals surface area (Å²) in [5.41, 5.74) is -0.200. The molecule has 0 atom stereocenters. The Bertz CT molecular complexity index is 483. The second-order valence-electron chi connectivity index (χ2n) is 3.88. The molecule has 1 rings (SSSR count). The van der Waals surface area contributed by atoms with Crippen LogP contribution in [0, 0.1) is 0 Å². The van der Waals surface area contributed by atoms with Gasteiger partial charge in [0.1, 0.15) is 5.57 Å². The van der Waals surface area contributed by atoms with Gasteiger partial charge in [-0.1, -0.05) is 0 Å². The van der Waals surface area contributed by atoms with Gasteiger partial charge in [0, 0.05) is 14.2 Å². The monoisotopic (exact) mass is 286 g/mol. The normalized spacial score (nSPS) is 18.2. The molecule has 0 aromatic carbocycles. The number of ether oxygens (including phenoxy) is 5. The van der Waals surface area contributed by atoms with Crippen molar-refractivity contribution >= 4 is 11.6 Å². The third-order valence-corrected chi connectivity index (χ3v) is 3.00. The van der Waals surface area contributed by atoms with Crippen LogP contribution in [0.3, 0.4) is 0 Å². The number of rotatable bonds is 6. The van der Waals surface area contributed by atoms with Gasteiger partial charge in [-0.25, -0.2) is 0 Å². The zero-order valence-corrected chi connectivity index (χ0v) is 12.4. The predicted molar refractivity (Wildman–Crippen MR) is 67.5 cm³/mol. The Morgan fingerprint density at radius 3 is 1.70 bits per heavy atom. The van der Waals surface area contributed by atoms with E-state index in [2.05, 4.69) is 0 Å². The average molecular weight is 286 g/mol. The number of allylic oxidation sites excluding steroid dienone is 1. The van der Waals surface area contributed by atoms with E-state index >= 15 is 0 Å². The first-order chi connectivity index (χ1) is 9.44. The Hall–Kier alpha value is -1.86. The van der Waals surface area contributed by atoms with Gasteiger partial charge < -0.3 is 23.7 Å². The Labute approximate surface area is 117 Å². The lowest BCUT2D eigenvalue weighted by molar-refractivity contribution is -0.200. The van der Waals surface area contributed by atoms with Crippen molar-refractivity contribution in [2.45, 2.75) is 12.7 Å². The highest BCUT2D eigenvalue weighted by molar-refractivity contribution is 6.26. The van der Waals surface area contributed by atoms with Crippen molar-refractivity contribution in [3.8, 4) is 0 Å². The fourth-order valence-corrected chi connectivity index (χ4v) is 2.16. The van der Waals surface area contributed by atoms with Crippen LogP contribution in [0.25, 0.3) is 0 Å². The fourth-order valence-electron chi connectivity index (χ4n) is 2.16. The molecule has 0 aromatic heterocycles. The van der Waals surface area contributed by atoms with Gasteiger partial charge in [-0.05, 0) is 6.92 Å². The van der Waals surface area contributed by atoms with E-state index in [4.69, 9.17) is 23.7 Å². The third kappa shape index (κ3) is 2.08. The summed E-state index contributed by atoms with van der Waals surface area (Å²) in [5.74, 6) is -3.03. The maximum atomic E-state index is 12.3. The molecule has 20 heavy (non-hydrogen) atoms. The number of ketones is 2. The van der Waals surface area contributed by atoms with Gasteiger partial charge in [-0.2, -0.15) is 0 Å². The van der Waals surface area contributed by atoms with Crippen LogP contribution in [-0.4, -0.2) is 52.9 Å². The fraction of sp³-hybridized carbons (Fsp3) is 0.538. The van der Waals surface area contributed by atoms with Crippen LogP contribution in [-0.2, 0) is 33.3 Å². The minimum atomic E-state index is -1.65. The number of hydrogen-bond donors (Lipinski definition) is 0. The van der Waals surface area contributed by atoms with Crippen LogP contribution in [0.4, 0.5) is 0 Å². The van der Waals surface area contributed by atoms with Crippen molar-refractivity contribution in [1.29, 1.82) is 0 Å². The molecule has 0 N–H and O–H groups in total. The first-order valence-corrected chi connectivity index (χ1v) is 5.72. The minimum absolute atomic E-state index is 0.0168. The molecule has 1 aliphatic rings. The second-order valence-corrected chi connectivity index (χ2v) is 3.88. The Balaban J connectivity index is 3.75. The Kier molecular flexibility index (Phi) is 4.91. The number of methoxy groups -OCH3 is 5. The number of carbonyl (C=O) groups is 2. The first-order valence-electron chi connectivity index (χ1n) is 5.72. The predicted octanol–water partition coefficient (Wildman–Crippen LogP) is 0.552. The Morgan fingerprint density at radius 1 is 0.900 bits per heavy atom. The molecule has 0 amide bonds. The number of carbonyl (C=O) groups excluding carboxylic acids is 2. The van der Waals surface area contributed by atoms with Crippen molar-refractivity contribution in [1.82, 2.24) is 0 Å². The highest BCUT2D eigenvalue weighted by Gasteiger charge is 2.53. The molecular formula is C13H18O7. The van der Waals surface area contributed by atoms with Crippen LogP contribution in [0.5, 0.6) is 0 Å². The third-order valence-electron chi connectivity index (χ3n) is 3.00. The number of hydrogen-bond acceptors (Lipinski definition) is 7. The van der Waals surface area contributed by atoms with E-state index in [1.807, 2.05) is 0 Å². The van der Waals surface area contributed by atoms with Crippen molar-refractivity contribution in [3.63, 3.8) is 0 Å². The summed E-state index contributed by atoms with van der Waals surface area (Å²) < 4.78 is 26.0. The summed E-state index contributed by atoms with van der Waals surface area (Å²) in [6.45, 7) is 1.24. The molecule has 0 radical (unpaired) electrons. The van der Waals surface area contributed by atoms with Crippen molar-refractivity contribution in [3.05, 3.63) is 22.9 Å². The molecule has 0 saturated heterocycles. The van der Waals surface area contributed by atoms with Gasteiger partial charge in [0.25, 0.3) is 5.79 Å². The lowest BCUT2D eigenvalue weighted by Gasteiger charge is -2.36. The average Bonchev–Trinajstić information content (AvgIpc) is 2.45. The van der Waals surface area contributed by atoms with E-state index in [1.54, 1.807) is 0 Å². The first kappa shape index (κ1) is 16.2. The molecule has 0 heterocycles. The summed E-state index contributed by atoms with van der Waals surface area (Å²) in [5, 5.41) is 0. The molecule has 0 unspecified atom stereocenters. The minimum Gasteiger partial charge on any atom is -0.494 e. The van der Waals surface area contributed by atoms with Gasteiger partial charge in [0.05, 0.1) is 21.3 Å². The summed E-state index contributed by atoms with van der Waals surface area (Å²) in [4.78, 5) is 24.1. The summed E-state index contributed by atoms with van der Waals surface area (Å²) in [6.07, 6.45) is 0. The van der Waals surface area contributed by atoms with E-state index < -0.39 is 17.4 Å². The van der Waals surface area contributed by atoms with Crippen LogP contribution < -0.4 is 0 Å².